The van der Waals surface area contributed by atoms with Gasteiger partial charge in [-0.25, -0.2) is 4.39 Å². The monoisotopic (exact) mass is 360 g/mol. The molecule has 134 valence electrons. The smallest absolute Gasteiger partial charge is 0.258 e. The quantitative estimate of drug-likeness (QED) is 0.476. The minimum absolute atomic E-state index is 0.262. The fourth-order valence-corrected chi connectivity index (χ4v) is 2.74. The third-order valence-corrected chi connectivity index (χ3v) is 4.21. The maximum atomic E-state index is 13.0. The zero-order chi connectivity index (χ0) is 18.6. The number of aromatic nitrogens is 2. The van der Waals surface area contributed by atoms with Gasteiger partial charge < -0.3 is 9.26 Å². The van der Waals surface area contributed by atoms with Crippen molar-refractivity contribution in [3.05, 3.63) is 89.7 Å². The maximum Gasteiger partial charge on any atom is 0.258 e. The average molecular weight is 360 g/mol. The van der Waals surface area contributed by atoms with Crippen LogP contribution in [0.1, 0.15) is 11.1 Å². The first-order chi connectivity index (χ1) is 13.2. The number of nitrogens with zero attached hydrogens (tertiary/aromatic N) is 2. The van der Waals surface area contributed by atoms with Crippen molar-refractivity contribution in [3.63, 3.8) is 0 Å². The Kier molecular flexibility index (Phi) is 4.66. The largest absolute Gasteiger partial charge is 0.489 e. The van der Waals surface area contributed by atoms with Crippen LogP contribution in [0.5, 0.6) is 5.75 Å². The molecule has 3 aromatic carbocycles. The maximum absolute atomic E-state index is 13.0. The lowest BCUT2D eigenvalue weighted by Crippen LogP contribution is -1.95. The summed E-state index contributed by atoms with van der Waals surface area (Å²) >= 11 is 0. The van der Waals surface area contributed by atoms with Gasteiger partial charge in [0.1, 0.15) is 18.2 Å². The SMILES string of the molecule is Cc1ccccc1-c1nc(-c2cccc(OCc3ccc(F)cc3)c2)no1. The highest BCUT2D eigenvalue weighted by Crippen LogP contribution is 2.26. The van der Waals surface area contributed by atoms with E-state index in [9.17, 15) is 4.39 Å². The molecule has 0 atom stereocenters. The molecule has 0 bridgehead atoms. The van der Waals surface area contributed by atoms with Gasteiger partial charge in [-0.15, -0.1) is 0 Å². The average Bonchev–Trinajstić information content (AvgIpc) is 3.18. The van der Waals surface area contributed by atoms with Crippen LogP contribution in [0.25, 0.3) is 22.8 Å². The molecule has 27 heavy (non-hydrogen) atoms. The van der Waals surface area contributed by atoms with Crippen LogP contribution in [0.4, 0.5) is 4.39 Å². The van der Waals surface area contributed by atoms with Gasteiger partial charge in [0.15, 0.2) is 0 Å². The molecule has 0 N–H and O–H groups in total. The molecule has 0 aliphatic carbocycles. The second-order valence-electron chi connectivity index (χ2n) is 6.18. The van der Waals surface area contributed by atoms with E-state index in [1.807, 2.05) is 55.5 Å². The number of hydrogen-bond acceptors (Lipinski definition) is 4. The van der Waals surface area contributed by atoms with E-state index in [-0.39, 0.29) is 5.82 Å². The van der Waals surface area contributed by atoms with E-state index in [1.54, 1.807) is 12.1 Å². The molecule has 0 aliphatic heterocycles. The molecule has 0 spiro atoms. The van der Waals surface area contributed by atoms with Crippen molar-refractivity contribution in [3.8, 4) is 28.6 Å². The molecule has 1 heterocycles. The minimum atomic E-state index is -0.262. The molecule has 0 amide bonds. The molecule has 0 unspecified atom stereocenters. The zero-order valence-corrected chi connectivity index (χ0v) is 14.7. The summed E-state index contributed by atoms with van der Waals surface area (Å²) in [5, 5.41) is 4.09. The van der Waals surface area contributed by atoms with Crippen LogP contribution in [0.3, 0.4) is 0 Å². The second-order valence-corrected chi connectivity index (χ2v) is 6.18. The molecule has 0 saturated heterocycles. The first kappa shape index (κ1) is 17.0. The number of halogens is 1. The van der Waals surface area contributed by atoms with Gasteiger partial charge >= 0.3 is 0 Å². The lowest BCUT2D eigenvalue weighted by Gasteiger charge is -2.07. The van der Waals surface area contributed by atoms with E-state index in [0.717, 1.165) is 22.3 Å². The van der Waals surface area contributed by atoms with Crippen molar-refractivity contribution in [1.82, 2.24) is 10.1 Å². The van der Waals surface area contributed by atoms with Crippen molar-refractivity contribution in [2.45, 2.75) is 13.5 Å². The summed E-state index contributed by atoms with van der Waals surface area (Å²) in [5.74, 6) is 1.41. The molecule has 0 aliphatic rings. The van der Waals surface area contributed by atoms with Gasteiger partial charge in [-0.2, -0.15) is 4.98 Å². The Morgan fingerprint density at radius 2 is 1.78 bits per heavy atom. The Hall–Kier alpha value is -3.47. The molecular weight excluding hydrogens is 343 g/mol. The molecule has 0 fully saturated rings. The summed E-state index contributed by atoms with van der Waals surface area (Å²) in [4.78, 5) is 4.51. The van der Waals surface area contributed by atoms with Crippen LogP contribution in [0, 0.1) is 12.7 Å². The van der Waals surface area contributed by atoms with Crippen LogP contribution < -0.4 is 4.74 Å². The number of benzene rings is 3. The predicted molar refractivity (Wildman–Crippen MR) is 101 cm³/mol. The van der Waals surface area contributed by atoms with Gasteiger partial charge in [0.25, 0.3) is 5.89 Å². The normalized spacial score (nSPS) is 10.7. The van der Waals surface area contributed by atoms with Crippen molar-refractivity contribution in [2.24, 2.45) is 0 Å². The Morgan fingerprint density at radius 1 is 0.963 bits per heavy atom. The van der Waals surface area contributed by atoms with Crippen LogP contribution in [0.15, 0.2) is 77.3 Å². The van der Waals surface area contributed by atoms with Gasteiger partial charge in [-0.3, -0.25) is 0 Å². The number of aryl methyl sites for hydroxylation is 1. The van der Waals surface area contributed by atoms with Crippen molar-refractivity contribution in [2.75, 3.05) is 0 Å². The third kappa shape index (κ3) is 3.87. The van der Waals surface area contributed by atoms with E-state index >= 15 is 0 Å². The summed E-state index contributed by atoms with van der Waals surface area (Å²) in [6.45, 7) is 2.35. The number of rotatable bonds is 5. The lowest BCUT2D eigenvalue weighted by atomic mass is 10.1. The topological polar surface area (TPSA) is 48.2 Å². The van der Waals surface area contributed by atoms with Gasteiger partial charge in [-0.1, -0.05) is 47.6 Å². The molecule has 4 rings (SSSR count). The van der Waals surface area contributed by atoms with E-state index in [0.29, 0.717) is 24.1 Å². The zero-order valence-electron chi connectivity index (χ0n) is 14.7. The molecular formula is C22H17FN2O2. The number of hydrogen-bond donors (Lipinski definition) is 0. The fourth-order valence-electron chi connectivity index (χ4n) is 2.74. The summed E-state index contributed by atoms with van der Waals surface area (Å²) < 4.78 is 24.2. The van der Waals surface area contributed by atoms with Gasteiger partial charge in [0.2, 0.25) is 5.82 Å². The Labute approximate surface area is 156 Å². The molecule has 5 heteroatoms. The molecule has 4 aromatic rings. The molecule has 1 aromatic heterocycles. The Balaban J connectivity index is 1.52. The first-order valence-electron chi connectivity index (χ1n) is 8.56. The van der Waals surface area contributed by atoms with Crippen LogP contribution >= 0.6 is 0 Å². The highest BCUT2D eigenvalue weighted by atomic mass is 19.1. The van der Waals surface area contributed by atoms with Gasteiger partial charge in [0.05, 0.1) is 0 Å². The highest BCUT2D eigenvalue weighted by Gasteiger charge is 2.12. The van der Waals surface area contributed by atoms with Crippen LogP contribution in [-0.2, 0) is 6.61 Å². The van der Waals surface area contributed by atoms with E-state index in [2.05, 4.69) is 10.1 Å². The van der Waals surface area contributed by atoms with Crippen LogP contribution in [0.2, 0.25) is 0 Å². The second kappa shape index (κ2) is 7.41. The standard InChI is InChI=1S/C22H17FN2O2/c1-15-5-2-3-8-20(15)22-24-21(25-27-22)17-6-4-7-19(13-17)26-14-16-9-11-18(23)12-10-16/h2-13H,14H2,1H3. The molecule has 0 saturated carbocycles. The summed E-state index contributed by atoms with van der Waals surface area (Å²) in [6.07, 6.45) is 0. The Morgan fingerprint density at radius 3 is 2.59 bits per heavy atom. The van der Waals surface area contributed by atoms with E-state index in [4.69, 9.17) is 9.26 Å². The Bertz CT molecular complexity index is 1060. The molecule has 0 radical (unpaired) electrons. The third-order valence-electron chi connectivity index (χ3n) is 4.21. The van der Waals surface area contributed by atoms with Crippen LogP contribution in [-0.4, -0.2) is 10.1 Å². The number of ether oxygens (including phenoxy) is 1. The summed E-state index contributed by atoms with van der Waals surface area (Å²) in [6, 6.07) is 21.6. The van der Waals surface area contributed by atoms with Gasteiger partial charge in [-0.05, 0) is 48.4 Å². The van der Waals surface area contributed by atoms with Crippen molar-refractivity contribution in [1.29, 1.82) is 0 Å². The predicted octanol–water partition coefficient (Wildman–Crippen LogP) is 5.43. The van der Waals surface area contributed by atoms with Crippen molar-refractivity contribution >= 4 is 0 Å². The summed E-state index contributed by atoms with van der Waals surface area (Å²) in [7, 11) is 0. The van der Waals surface area contributed by atoms with Crippen molar-refractivity contribution < 1.29 is 13.7 Å². The minimum Gasteiger partial charge on any atom is -0.489 e. The molecule has 4 nitrogen and oxygen atoms in total. The fraction of sp³-hybridized carbons (Fsp3) is 0.0909. The van der Waals surface area contributed by atoms with E-state index in [1.165, 1.54) is 12.1 Å². The lowest BCUT2D eigenvalue weighted by molar-refractivity contribution is 0.306. The van der Waals surface area contributed by atoms with E-state index < -0.39 is 0 Å². The summed E-state index contributed by atoms with van der Waals surface area (Å²) in [5.41, 5.74) is 3.68. The van der Waals surface area contributed by atoms with Gasteiger partial charge in [0, 0.05) is 11.1 Å². The highest BCUT2D eigenvalue weighted by molar-refractivity contribution is 5.63. The first-order valence-corrected chi connectivity index (χ1v) is 8.56.